The Morgan fingerprint density at radius 1 is 1.11 bits per heavy atom. The first kappa shape index (κ1) is 18.2. The van der Waals surface area contributed by atoms with Crippen LogP contribution in [0.15, 0.2) is 42.6 Å². The molecule has 8 heteroatoms. The second-order valence-electron chi connectivity index (χ2n) is 6.64. The van der Waals surface area contributed by atoms with E-state index in [-0.39, 0.29) is 12.8 Å². The smallest absolute Gasteiger partial charge is 0.391 e. The van der Waals surface area contributed by atoms with E-state index in [1.807, 2.05) is 36.4 Å². The first-order valence-electron chi connectivity index (χ1n) is 8.75. The van der Waals surface area contributed by atoms with Crippen molar-refractivity contribution in [3.63, 3.8) is 0 Å². The number of pyridine rings is 1. The van der Waals surface area contributed by atoms with Crippen molar-refractivity contribution in [2.75, 3.05) is 13.1 Å². The van der Waals surface area contributed by atoms with Crippen molar-refractivity contribution in [3.8, 4) is 10.9 Å². The molecule has 0 N–H and O–H groups in total. The van der Waals surface area contributed by atoms with Crippen molar-refractivity contribution in [1.82, 2.24) is 14.9 Å². The Balaban J connectivity index is 1.34. The lowest BCUT2D eigenvalue weighted by atomic mass is 9.96. The number of thiazole rings is 1. The van der Waals surface area contributed by atoms with Gasteiger partial charge in [-0.15, -0.1) is 0 Å². The molecule has 0 atom stereocenters. The van der Waals surface area contributed by atoms with Gasteiger partial charge < -0.3 is 4.74 Å². The monoisotopic (exact) mass is 393 g/mol. The number of rotatable bonds is 4. The van der Waals surface area contributed by atoms with Gasteiger partial charge in [0.25, 0.3) is 5.19 Å². The molecule has 142 valence electrons. The van der Waals surface area contributed by atoms with Crippen molar-refractivity contribution >= 4 is 21.7 Å². The van der Waals surface area contributed by atoms with Crippen LogP contribution in [-0.4, -0.2) is 34.1 Å². The molecule has 0 amide bonds. The molecule has 1 aliphatic heterocycles. The fourth-order valence-electron chi connectivity index (χ4n) is 3.23. The van der Waals surface area contributed by atoms with Gasteiger partial charge in [0, 0.05) is 12.7 Å². The van der Waals surface area contributed by atoms with Crippen molar-refractivity contribution in [2.45, 2.75) is 25.6 Å². The Kier molecular flexibility index (Phi) is 5.01. The van der Waals surface area contributed by atoms with E-state index in [2.05, 4.69) is 14.9 Å². The van der Waals surface area contributed by atoms with Gasteiger partial charge >= 0.3 is 6.18 Å². The van der Waals surface area contributed by atoms with Gasteiger partial charge in [0.05, 0.1) is 10.6 Å². The number of likely N-dealkylation sites (tertiary alicyclic amines) is 1. The molecule has 4 rings (SSSR count). The highest BCUT2D eigenvalue weighted by Gasteiger charge is 2.40. The summed E-state index contributed by atoms with van der Waals surface area (Å²) in [5, 5.41) is 0.533. The predicted octanol–water partition coefficient (Wildman–Crippen LogP) is 5.26. The minimum absolute atomic E-state index is 0.177. The highest BCUT2D eigenvalue weighted by Crippen LogP contribution is 2.34. The van der Waals surface area contributed by atoms with E-state index >= 15 is 0 Å². The van der Waals surface area contributed by atoms with E-state index < -0.39 is 12.1 Å². The van der Waals surface area contributed by atoms with Gasteiger partial charge in [-0.05, 0) is 55.8 Å². The quantitative estimate of drug-likeness (QED) is 0.606. The molecule has 1 saturated heterocycles. The van der Waals surface area contributed by atoms with Crippen LogP contribution in [0.2, 0.25) is 0 Å². The molecule has 4 nitrogen and oxygen atoms in total. The SMILES string of the molecule is FC(F)(F)C1CCN(Cc2ccc(Oc3nc4ncccc4s3)cc2)CC1. The Bertz CT molecular complexity index is 869. The summed E-state index contributed by atoms with van der Waals surface area (Å²) in [5.74, 6) is -0.485. The second-order valence-corrected chi connectivity index (χ2v) is 7.64. The Hall–Kier alpha value is -2.19. The largest absolute Gasteiger partial charge is 0.431 e. The fraction of sp³-hybridized carbons (Fsp3) is 0.368. The lowest BCUT2D eigenvalue weighted by molar-refractivity contribution is -0.185. The third-order valence-corrected chi connectivity index (χ3v) is 5.62. The molecule has 1 aliphatic rings. The molecule has 3 aromatic rings. The number of fused-ring (bicyclic) bond motifs is 1. The first-order valence-corrected chi connectivity index (χ1v) is 9.56. The van der Waals surface area contributed by atoms with Crippen LogP contribution >= 0.6 is 11.3 Å². The van der Waals surface area contributed by atoms with Gasteiger partial charge in [0.2, 0.25) is 0 Å². The Morgan fingerprint density at radius 3 is 2.52 bits per heavy atom. The number of piperidine rings is 1. The summed E-state index contributed by atoms with van der Waals surface area (Å²) in [4.78, 5) is 10.6. The highest BCUT2D eigenvalue weighted by molar-refractivity contribution is 7.20. The number of hydrogen-bond donors (Lipinski definition) is 0. The molecule has 0 spiro atoms. The molecule has 3 heterocycles. The lowest BCUT2D eigenvalue weighted by Gasteiger charge is -2.32. The second kappa shape index (κ2) is 7.44. The third-order valence-electron chi connectivity index (χ3n) is 4.73. The van der Waals surface area contributed by atoms with Crippen molar-refractivity contribution in [2.24, 2.45) is 5.92 Å². The number of halogens is 3. The van der Waals surface area contributed by atoms with Crippen LogP contribution in [0.25, 0.3) is 10.3 Å². The average molecular weight is 393 g/mol. The number of hydrogen-bond acceptors (Lipinski definition) is 5. The van der Waals surface area contributed by atoms with Crippen LogP contribution in [-0.2, 0) is 6.54 Å². The van der Waals surface area contributed by atoms with E-state index in [1.165, 1.54) is 11.3 Å². The summed E-state index contributed by atoms with van der Waals surface area (Å²) < 4.78 is 45.0. The zero-order valence-corrected chi connectivity index (χ0v) is 15.3. The van der Waals surface area contributed by atoms with Gasteiger partial charge in [-0.3, -0.25) is 4.90 Å². The zero-order valence-electron chi connectivity index (χ0n) is 14.4. The zero-order chi connectivity index (χ0) is 18.9. The number of nitrogens with zero attached hydrogens (tertiary/aromatic N) is 3. The molecule has 1 fully saturated rings. The maximum atomic E-state index is 12.7. The van der Waals surface area contributed by atoms with Crippen LogP contribution in [0.5, 0.6) is 10.9 Å². The minimum atomic E-state index is -4.07. The highest BCUT2D eigenvalue weighted by atomic mass is 32.1. The van der Waals surface area contributed by atoms with Gasteiger partial charge in [-0.25, -0.2) is 4.98 Å². The molecule has 0 unspecified atom stereocenters. The van der Waals surface area contributed by atoms with Gasteiger partial charge in [0.1, 0.15) is 5.75 Å². The summed E-state index contributed by atoms with van der Waals surface area (Å²) >= 11 is 1.43. The van der Waals surface area contributed by atoms with Crippen LogP contribution in [0.1, 0.15) is 18.4 Å². The van der Waals surface area contributed by atoms with Gasteiger partial charge in [-0.1, -0.05) is 23.5 Å². The summed E-state index contributed by atoms with van der Waals surface area (Å²) in [6.07, 6.45) is -2.02. The Morgan fingerprint density at radius 2 is 1.85 bits per heavy atom. The third kappa shape index (κ3) is 4.39. The Labute approximate surface area is 158 Å². The minimum Gasteiger partial charge on any atom is -0.431 e. The number of alkyl halides is 3. The van der Waals surface area contributed by atoms with E-state index in [0.717, 1.165) is 10.3 Å². The summed E-state index contributed by atoms with van der Waals surface area (Å²) in [6.45, 7) is 1.60. The van der Waals surface area contributed by atoms with E-state index in [9.17, 15) is 13.2 Å². The molecule has 0 saturated carbocycles. The molecule has 1 aromatic carbocycles. The number of aromatic nitrogens is 2. The molecular formula is C19H18F3N3OS. The molecular weight excluding hydrogens is 375 g/mol. The van der Waals surface area contributed by atoms with Crippen molar-refractivity contribution in [1.29, 1.82) is 0 Å². The molecule has 27 heavy (non-hydrogen) atoms. The standard InChI is InChI=1S/C19H18F3N3OS/c20-19(21,22)14-7-10-25(11-8-14)12-13-3-5-15(6-4-13)26-18-24-17-16(27-18)2-1-9-23-17/h1-6,9,14H,7-8,10-12H2. The number of benzene rings is 1. The summed E-state index contributed by atoms with van der Waals surface area (Å²) in [5.41, 5.74) is 1.72. The molecule has 0 radical (unpaired) electrons. The summed E-state index contributed by atoms with van der Waals surface area (Å²) in [7, 11) is 0. The van der Waals surface area contributed by atoms with Crippen LogP contribution in [0.3, 0.4) is 0 Å². The van der Waals surface area contributed by atoms with E-state index in [1.54, 1.807) is 6.20 Å². The molecule has 0 bridgehead atoms. The average Bonchev–Trinajstić information content (AvgIpc) is 3.05. The van der Waals surface area contributed by atoms with Crippen LogP contribution < -0.4 is 4.74 Å². The van der Waals surface area contributed by atoms with E-state index in [4.69, 9.17) is 4.74 Å². The van der Waals surface area contributed by atoms with Crippen LogP contribution in [0, 0.1) is 5.92 Å². The van der Waals surface area contributed by atoms with Crippen LogP contribution in [0.4, 0.5) is 13.2 Å². The van der Waals surface area contributed by atoms with E-state index in [0.29, 0.717) is 36.2 Å². The van der Waals surface area contributed by atoms with Gasteiger partial charge in [0.15, 0.2) is 5.65 Å². The van der Waals surface area contributed by atoms with Crippen molar-refractivity contribution < 1.29 is 17.9 Å². The molecule has 0 aliphatic carbocycles. The molecule has 2 aromatic heterocycles. The fourth-order valence-corrected chi connectivity index (χ4v) is 4.03. The maximum Gasteiger partial charge on any atom is 0.391 e. The predicted molar refractivity (Wildman–Crippen MR) is 98.0 cm³/mol. The van der Waals surface area contributed by atoms with Gasteiger partial charge in [-0.2, -0.15) is 18.2 Å². The van der Waals surface area contributed by atoms with Crippen molar-refractivity contribution in [3.05, 3.63) is 48.2 Å². The maximum absolute atomic E-state index is 12.7. The first-order chi connectivity index (χ1) is 13.0. The number of ether oxygens (including phenoxy) is 1. The normalized spacial score (nSPS) is 16.7. The topological polar surface area (TPSA) is 38.2 Å². The lowest BCUT2D eigenvalue weighted by Crippen LogP contribution is -2.38. The summed E-state index contributed by atoms with van der Waals surface area (Å²) in [6, 6.07) is 11.4.